The van der Waals surface area contributed by atoms with Gasteiger partial charge >= 0.3 is 0 Å². The van der Waals surface area contributed by atoms with Crippen molar-refractivity contribution < 1.29 is 18.1 Å². The lowest BCUT2D eigenvalue weighted by molar-refractivity contribution is 0.0785. The average molecular weight is 370 g/mol. The molecule has 3 heterocycles. The van der Waals surface area contributed by atoms with Gasteiger partial charge in [-0.25, -0.2) is 8.78 Å². The standard InChI is InChI=1S/C19H16F2N4O2/c1-11-9-25(19(26)13-5-14(20)7-15(21)6-13)10-16(11)18-23-17(24-27-18)12-3-2-4-22-8-12/h2-8,11,16H,9-10H2,1H3. The molecule has 1 saturated heterocycles. The quantitative estimate of drug-likeness (QED) is 0.707. The van der Waals surface area contributed by atoms with Crippen LogP contribution in [0.25, 0.3) is 11.4 Å². The molecule has 0 radical (unpaired) electrons. The van der Waals surface area contributed by atoms with Gasteiger partial charge in [0, 0.05) is 42.7 Å². The van der Waals surface area contributed by atoms with Gasteiger partial charge in [-0.2, -0.15) is 4.98 Å². The highest BCUT2D eigenvalue weighted by Crippen LogP contribution is 2.33. The second kappa shape index (κ2) is 6.86. The van der Waals surface area contributed by atoms with E-state index in [1.165, 1.54) is 0 Å². The van der Waals surface area contributed by atoms with E-state index in [0.717, 1.165) is 23.8 Å². The summed E-state index contributed by atoms with van der Waals surface area (Å²) < 4.78 is 32.2. The van der Waals surface area contributed by atoms with Crippen molar-refractivity contribution in [3.05, 3.63) is 65.8 Å². The fourth-order valence-corrected chi connectivity index (χ4v) is 3.31. The van der Waals surface area contributed by atoms with Crippen LogP contribution >= 0.6 is 0 Å². The minimum Gasteiger partial charge on any atom is -0.339 e. The smallest absolute Gasteiger partial charge is 0.254 e. The molecule has 0 bridgehead atoms. The lowest BCUT2D eigenvalue weighted by Gasteiger charge is -2.16. The Balaban J connectivity index is 1.53. The highest BCUT2D eigenvalue weighted by Gasteiger charge is 2.37. The van der Waals surface area contributed by atoms with Crippen LogP contribution in [0, 0.1) is 17.6 Å². The number of carbonyl (C=O) groups excluding carboxylic acids is 1. The van der Waals surface area contributed by atoms with Crippen LogP contribution in [0.3, 0.4) is 0 Å². The maximum atomic E-state index is 13.4. The Labute approximate surface area is 153 Å². The minimum absolute atomic E-state index is 0.0121. The van der Waals surface area contributed by atoms with Gasteiger partial charge in [0.05, 0.1) is 5.92 Å². The van der Waals surface area contributed by atoms with Gasteiger partial charge < -0.3 is 9.42 Å². The summed E-state index contributed by atoms with van der Waals surface area (Å²) in [6.45, 7) is 2.75. The number of aromatic nitrogens is 3. The molecule has 0 aliphatic carbocycles. The summed E-state index contributed by atoms with van der Waals surface area (Å²) in [5.41, 5.74) is 0.725. The summed E-state index contributed by atoms with van der Waals surface area (Å²) in [7, 11) is 0. The van der Waals surface area contributed by atoms with Crippen molar-refractivity contribution in [3.8, 4) is 11.4 Å². The molecule has 4 rings (SSSR count). The van der Waals surface area contributed by atoms with E-state index in [4.69, 9.17) is 4.52 Å². The van der Waals surface area contributed by atoms with Gasteiger partial charge in [0.2, 0.25) is 11.7 Å². The Morgan fingerprint density at radius 1 is 1.22 bits per heavy atom. The zero-order valence-electron chi connectivity index (χ0n) is 14.5. The van der Waals surface area contributed by atoms with Crippen LogP contribution < -0.4 is 0 Å². The molecule has 3 aromatic rings. The van der Waals surface area contributed by atoms with Crippen molar-refractivity contribution >= 4 is 5.91 Å². The SMILES string of the molecule is CC1CN(C(=O)c2cc(F)cc(F)c2)CC1c1nc(-c2cccnc2)no1. The molecule has 6 nitrogen and oxygen atoms in total. The Morgan fingerprint density at radius 2 is 2.00 bits per heavy atom. The summed E-state index contributed by atoms with van der Waals surface area (Å²) in [5.74, 6) is -1.20. The third kappa shape index (κ3) is 3.42. The Morgan fingerprint density at radius 3 is 2.70 bits per heavy atom. The lowest BCUT2D eigenvalue weighted by Crippen LogP contribution is -2.29. The summed E-state index contributed by atoms with van der Waals surface area (Å²) in [6.07, 6.45) is 3.29. The molecule has 27 heavy (non-hydrogen) atoms. The molecule has 2 atom stereocenters. The highest BCUT2D eigenvalue weighted by molar-refractivity contribution is 5.94. The molecule has 8 heteroatoms. The average Bonchev–Trinajstić information content (AvgIpc) is 3.27. The van der Waals surface area contributed by atoms with Crippen molar-refractivity contribution in [2.75, 3.05) is 13.1 Å². The molecule has 2 aromatic heterocycles. The van der Waals surface area contributed by atoms with E-state index in [1.54, 1.807) is 23.4 Å². The van der Waals surface area contributed by atoms with Crippen LogP contribution in [-0.2, 0) is 0 Å². The Bertz CT molecular complexity index is 957. The van der Waals surface area contributed by atoms with Crippen molar-refractivity contribution in [2.45, 2.75) is 12.8 Å². The van der Waals surface area contributed by atoms with Crippen LogP contribution in [0.4, 0.5) is 8.78 Å². The van der Waals surface area contributed by atoms with E-state index < -0.39 is 17.5 Å². The van der Waals surface area contributed by atoms with Crippen molar-refractivity contribution in [3.63, 3.8) is 0 Å². The van der Waals surface area contributed by atoms with E-state index >= 15 is 0 Å². The van der Waals surface area contributed by atoms with Gasteiger partial charge in [-0.3, -0.25) is 9.78 Å². The molecular weight excluding hydrogens is 354 g/mol. The fraction of sp³-hybridized carbons (Fsp3) is 0.263. The second-order valence-corrected chi connectivity index (χ2v) is 6.65. The first-order valence-corrected chi connectivity index (χ1v) is 8.50. The predicted octanol–water partition coefficient (Wildman–Crippen LogP) is 3.29. The molecule has 138 valence electrons. The second-order valence-electron chi connectivity index (χ2n) is 6.65. The first kappa shape index (κ1) is 17.3. The van der Waals surface area contributed by atoms with E-state index in [2.05, 4.69) is 15.1 Å². The molecule has 1 aromatic carbocycles. The Kier molecular flexibility index (Phi) is 4.39. The third-order valence-electron chi connectivity index (χ3n) is 4.69. The normalized spacial score (nSPS) is 19.4. The van der Waals surface area contributed by atoms with Gasteiger partial charge in [0.25, 0.3) is 5.91 Å². The Hall–Kier alpha value is -3.16. The molecule has 2 unspecified atom stereocenters. The fourth-order valence-electron chi connectivity index (χ4n) is 3.31. The minimum atomic E-state index is -0.778. The molecule has 1 aliphatic rings. The van der Waals surface area contributed by atoms with Crippen LogP contribution in [0.1, 0.15) is 29.1 Å². The highest BCUT2D eigenvalue weighted by atomic mass is 19.1. The van der Waals surface area contributed by atoms with E-state index in [9.17, 15) is 13.6 Å². The van der Waals surface area contributed by atoms with Gasteiger partial charge in [-0.15, -0.1) is 0 Å². The van der Waals surface area contributed by atoms with E-state index in [-0.39, 0.29) is 17.4 Å². The van der Waals surface area contributed by atoms with Crippen LogP contribution in [0.5, 0.6) is 0 Å². The van der Waals surface area contributed by atoms with Crippen LogP contribution in [0.2, 0.25) is 0 Å². The van der Waals surface area contributed by atoms with Gasteiger partial charge in [-0.05, 0) is 30.2 Å². The summed E-state index contributed by atoms with van der Waals surface area (Å²) in [4.78, 5) is 22.6. The number of halogens is 2. The molecular formula is C19H16F2N4O2. The zero-order chi connectivity index (χ0) is 19.0. The topological polar surface area (TPSA) is 72.1 Å². The molecule has 0 N–H and O–H groups in total. The predicted molar refractivity (Wildman–Crippen MR) is 91.7 cm³/mol. The molecule has 0 saturated carbocycles. The van der Waals surface area contributed by atoms with Crippen molar-refractivity contribution in [1.82, 2.24) is 20.0 Å². The zero-order valence-corrected chi connectivity index (χ0v) is 14.5. The first-order valence-electron chi connectivity index (χ1n) is 8.50. The van der Waals surface area contributed by atoms with Crippen molar-refractivity contribution in [1.29, 1.82) is 0 Å². The molecule has 1 aliphatic heterocycles. The van der Waals surface area contributed by atoms with Gasteiger partial charge in [-0.1, -0.05) is 12.1 Å². The number of likely N-dealkylation sites (tertiary alicyclic amines) is 1. The number of amides is 1. The number of benzene rings is 1. The van der Waals surface area contributed by atoms with Crippen LogP contribution in [-0.4, -0.2) is 39.0 Å². The molecule has 0 spiro atoms. The lowest BCUT2D eigenvalue weighted by atomic mass is 9.98. The maximum Gasteiger partial charge on any atom is 0.254 e. The largest absolute Gasteiger partial charge is 0.339 e. The number of carbonyl (C=O) groups is 1. The third-order valence-corrected chi connectivity index (χ3v) is 4.69. The molecule has 1 amide bonds. The number of hydrogen-bond acceptors (Lipinski definition) is 5. The molecule has 1 fully saturated rings. The van der Waals surface area contributed by atoms with E-state index in [0.29, 0.717) is 24.8 Å². The van der Waals surface area contributed by atoms with Crippen molar-refractivity contribution in [2.24, 2.45) is 5.92 Å². The maximum absolute atomic E-state index is 13.4. The van der Waals surface area contributed by atoms with Crippen LogP contribution in [0.15, 0.2) is 47.2 Å². The van der Waals surface area contributed by atoms with Gasteiger partial charge in [0.1, 0.15) is 11.6 Å². The number of nitrogens with zero attached hydrogens (tertiary/aromatic N) is 4. The number of pyridine rings is 1. The summed E-state index contributed by atoms with van der Waals surface area (Å²) in [5, 5.41) is 3.99. The summed E-state index contributed by atoms with van der Waals surface area (Å²) in [6, 6.07) is 6.42. The first-order chi connectivity index (χ1) is 13.0. The van der Waals surface area contributed by atoms with E-state index in [1.807, 2.05) is 13.0 Å². The monoisotopic (exact) mass is 370 g/mol. The van der Waals surface area contributed by atoms with Gasteiger partial charge in [0.15, 0.2) is 0 Å². The number of hydrogen-bond donors (Lipinski definition) is 0. The number of rotatable bonds is 3. The summed E-state index contributed by atoms with van der Waals surface area (Å²) >= 11 is 0.